The molecule has 2 rings (SSSR count). The van der Waals surface area contributed by atoms with Crippen LogP contribution in [0.1, 0.15) is 31.2 Å². The van der Waals surface area contributed by atoms with Crippen molar-refractivity contribution < 1.29 is 23.7 Å². The number of likely N-dealkylation sites (tertiary alicyclic amines) is 1. The number of nitrogens with zero attached hydrogens (tertiary/aromatic N) is 1. The molecule has 0 radical (unpaired) electrons. The normalized spacial score (nSPS) is 14.4. The lowest BCUT2D eigenvalue weighted by Gasteiger charge is -2.32. The summed E-state index contributed by atoms with van der Waals surface area (Å²) in [4.78, 5) is 14.5. The third kappa shape index (κ3) is 6.43. The smallest absolute Gasteiger partial charge is 0.222 e. The van der Waals surface area contributed by atoms with Crippen LogP contribution in [-0.2, 0) is 16.0 Å². The number of benzene rings is 1. The highest BCUT2D eigenvalue weighted by Crippen LogP contribution is 2.40. The molecule has 0 unspecified atom stereocenters. The molecule has 1 aromatic carbocycles. The van der Waals surface area contributed by atoms with Crippen molar-refractivity contribution >= 4 is 18.3 Å². The Morgan fingerprint density at radius 1 is 1.11 bits per heavy atom. The zero-order valence-corrected chi connectivity index (χ0v) is 17.9. The molecule has 2 N–H and O–H groups in total. The number of hydrogen-bond donors (Lipinski definition) is 1. The maximum atomic E-state index is 12.6. The van der Waals surface area contributed by atoms with E-state index in [9.17, 15) is 4.79 Å². The number of aryl methyl sites for hydroxylation is 1. The first kappa shape index (κ1) is 24.3. The SMILES string of the molecule is COc1ccc(CCC(=O)N2CCC(OCCCN)CC2)c(OC)c1OC.Cl. The number of halogens is 1. The monoisotopic (exact) mass is 416 g/mol. The Kier molecular flexibility index (Phi) is 11.0. The molecular weight excluding hydrogens is 384 g/mol. The van der Waals surface area contributed by atoms with Gasteiger partial charge >= 0.3 is 0 Å². The summed E-state index contributed by atoms with van der Waals surface area (Å²) in [6, 6.07) is 3.76. The van der Waals surface area contributed by atoms with Gasteiger partial charge < -0.3 is 29.6 Å². The second kappa shape index (κ2) is 12.7. The van der Waals surface area contributed by atoms with Crippen molar-refractivity contribution in [3.63, 3.8) is 0 Å². The summed E-state index contributed by atoms with van der Waals surface area (Å²) in [6.07, 6.45) is 3.92. The predicted molar refractivity (Wildman–Crippen MR) is 111 cm³/mol. The highest BCUT2D eigenvalue weighted by Gasteiger charge is 2.23. The molecule has 8 heteroatoms. The fourth-order valence-electron chi connectivity index (χ4n) is 3.36. The molecule has 7 nitrogen and oxygen atoms in total. The zero-order valence-electron chi connectivity index (χ0n) is 17.1. The fraction of sp³-hybridized carbons (Fsp3) is 0.650. The van der Waals surface area contributed by atoms with Crippen LogP contribution in [-0.4, -0.2) is 64.5 Å². The molecule has 28 heavy (non-hydrogen) atoms. The van der Waals surface area contributed by atoms with Gasteiger partial charge in [-0.15, -0.1) is 12.4 Å². The molecule has 0 spiro atoms. The molecular formula is C20H33ClN2O5. The van der Waals surface area contributed by atoms with Crippen molar-refractivity contribution in [1.82, 2.24) is 4.90 Å². The quantitative estimate of drug-likeness (QED) is 0.590. The van der Waals surface area contributed by atoms with Crippen molar-refractivity contribution in [2.75, 3.05) is 47.6 Å². The Balaban J connectivity index is 0.00000392. The Bertz CT molecular complexity index is 607. The maximum absolute atomic E-state index is 12.6. The Morgan fingerprint density at radius 3 is 2.36 bits per heavy atom. The predicted octanol–water partition coefficient (Wildman–Crippen LogP) is 2.42. The van der Waals surface area contributed by atoms with Gasteiger partial charge in [-0.25, -0.2) is 0 Å². The van der Waals surface area contributed by atoms with Gasteiger partial charge in [-0.3, -0.25) is 4.79 Å². The molecule has 1 aromatic rings. The summed E-state index contributed by atoms with van der Waals surface area (Å²) in [7, 11) is 4.76. The average Bonchev–Trinajstić information content (AvgIpc) is 2.71. The first-order valence-corrected chi connectivity index (χ1v) is 9.51. The van der Waals surface area contributed by atoms with Gasteiger partial charge in [-0.2, -0.15) is 0 Å². The number of amides is 1. The maximum Gasteiger partial charge on any atom is 0.222 e. The van der Waals surface area contributed by atoms with Gasteiger partial charge in [0.25, 0.3) is 0 Å². The summed E-state index contributed by atoms with van der Waals surface area (Å²) in [6.45, 7) is 2.84. The number of ether oxygens (including phenoxy) is 4. The minimum Gasteiger partial charge on any atom is -0.493 e. The molecule has 1 fully saturated rings. The molecule has 0 bridgehead atoms. The Morgan fingerprint density at radius 2 is 1.79 bits per heavy atom. The van der Waals surface area contributed by atoms with E-state index in [2.05, 4.69) is 0 Å². The van der Waals surface area contributed by atoms with Crippen LogP contribution in [0.5, 0.6) is 17.2 Å². The third-order valence-electron chi connectivity index (χ3n) is 4.89. The Hall–Kier alpha value is -1.70. The van der Waals surface area contributed by atoms with Crippen LogP contribution in [0.4, 0.5) is 0 Å². The number of piperidine rings is 1. The molecule has 0 saturated carbocycles. The molecule has 0 aliphatic carbocycles. The number of hydrogen-bond acceptors (Lipinski definition) is 6. The van der Waals surface area contributed by atoms with Crippen LogP contribution < -0.4 is 19.9 Å². The number of nitrogens with two attached hydrogens (primary N) is 1. The van der Waals surface area contributed by atoms with Gasteiger partial charge in [0.2, 0.25) is 11.7 Å². The van der Waals surface area contributed by atoms with E-state index in [-0.39, 0.29) is 24.4 Å². The largest absolute Gasteiger partial charge is 0.493 e. The molecule has 0 atom stereocenters. The van der Waals surface area contributed by atoms with Gasteiger partial charge in [-0.1, -0.05) is 6.07 Å². The topological polar surface area (TPSA) is 83.2 Å². The lowest BCUT2D eigenvalue weighted by atomic mass is 10.0. The van der Waals surface area contributed by atoms with Crippen LogP contribution >= 0.6 is 12.4 Å². The van der Waals surface area contributed by atoms with Crippen molar-refractivity contribution in [3.05, 3.63) is 17.7 Å². The van der Waals surface area contributed by atoms with Crippen molar-refractivity contribution in [1.29, 1.82) is 0 Å². The molecule has 1 heterocycles. The summed E-state index contributed by atoms with van der Waals surface area (Å²) in [5.41, 5.74) is 6.42. The Labute approximate surface area is 173 Å². The van der Waals surface area contributed by atoms with E-state index in [1.807, 2.05) is 17.0 Å². The van der Waals surface area contributed by atoms with Gasteiger partial charge in [0.05, 0.1) is 27.4 Å². The minimum absolute atomic E-state index is 0. The van der Waals surface area contributed by atoms with Gasteiger partial charge in [0, 0.05) is 26.1 Å². The molecule has 1 amide bonds. The van der Waals surface area contributed by atoms with E-state index in [0.717, 1.165) is 37.9 Å². The summed E-state index contributed by atoms with van der Waals surface area (Å²) in [5.74, 6) is 1.95. The third-order valence-corrected chi connectivity index (χ3v) is 4.89. The van der Waals surface area contributed by atoms with Crippen molar-refractivity contribution in [2.24, 2.45) is 5.73 Å². The van der Waals surface area contributed by atoms with Crippen molar-refractivity contribution in [2.45, 2.75) is 38.2 Å². The first-order valence-electron chi connectivity index (χ1n) is 9.51. The van der Waals surface area contributed by atoms with E-state index in [1.54, 1.807) is 21.3 Å². The summed E-state index contributed by atoms with van der Waals surface area (Å²) < 4.78 is 22.0. The molecule has 1 saturated heterocycles. The average molecular weight is 417 g/mol. The zero-order chi connectivity index (χ0) is 19.6. The standard InChI is InChI=1S/C20H32N2O5.ClH/c1-24-17-7-5-15(19(25-2)20(17)26-3)6-8-18(23)22-12-9-16(10-13-22)27-14-4-11-21;/h5,7,16H,4,6,8-14,21H2,1-3H3;1H. The highest BCUT2D eigenvalue weighted by atomic mass is 35.5. The second-order valence-electron chi connectivity index (χ2n) is 6.59. The number of methoxy groups -OCH3 is 3. The number of carbonyl (C=O) groups excluding carboxylic acids is 1. The van der Waals surface area contributed by atoms with E-state index in [1.165, 1.54) is 0 Å². The fourth-order valence-corrected chi connectivity index (χ4v) is 3.36. The van der Waals surface area contributed by atoms with E-state index in [4.69, 9.17) is 24.7 Å². The lowest BCUT2D eigenvalue weighted by Crippen LogP contribution is -2.41. The lowest BCUT2D eigenvalue weighted by molar-refractivity contribution is -0.133. The van der Waals surface area contributed by atoms with E-state index in [0.29, 0.717) is 43.2 Å². The van der Waals surface area contributed by atoms with Crippen LogP contribution in [0.2, 0.25) is 0 Å². The molecule has 1 aliphatic rings. The number of rotatable bonds is 10. The van der Waals surface area contributed by atoms with Gasteiger partial charge in [0.1, 0.15) is 0 Å². The molecule has 160 valence electrons. The van der Waals surface area contributed by atoms with Crippen molar-refractivity contribution in [3.8, 4) is 17.2 Å². The number of carbonyl (C=O) groups is 1. The van der Waals surface area contributed by atoms with Crippen LogP contribution in [0, 0.1) is 0 Å². The van der Waals surface area contributed by atoms with Gasteiger partial charge in [0.15, 0.2) is 11.5 Å². The highest BCUT2D eigenvalue weighted by molar-refractivity contribution is 5.85. The molecule has 0 aromatic heterocycles. The first-order chi connectivity index (χ1) is 13.1. The summed E-state index contributed by atoms with van der Waals surface area (Å²) in [5, 5.41) is 0. The van der Waals surface area contributed by atoms with Crippen LogP contribution in [0.3, 0.4) is 0 Å². The minimum atomic E-state index is 0. The van der Waals surface area contributed by atoms with Crippen LogP contribution in [0.25, 0.3) is 0 Å². The van der Waals surface area contributed by atoms with Crippen LogP contribution in [0.15, 0.2) is 12.1 Å². The van der Waals surface area contributed by atoms with Gasteiger partial charge in [-0.05, 0) is 43.9 Å². The second-order valence-corrected chi connectivity index (χ2v) is 6.59. The van der Waals surface area contributed by atoms with E-state index >= 15 is 0 Å². The van der Waals surface area contributed by atoms with E-state index < -0.39 is 0 Å². The summed E-state index contributed by atoms with van der Waals surface area (Å²) >= 11 is 0. The molecule has 1 aliphatic heterocycles.